The number of hydrogen-bond acceptors (Lipinski definition) is 4. The number of halogens is 1. The van der Waals surface area contributed by atoms with Gasteiger partial charge in [-0.25, -0.2) is 4.79 Å². The Morgan fingerprint density at radius 2 is 2.10 bits per heavy atom. The number of carboxylic acid groups (broad SMARTS) is 1. The monoisotopic (exact) mass is 309 g/mol. The first-order valence-electron chi connectivity index (χ1n) is 5.42. The van der Waals surface area contributed by atoms with Crippen LogP contribution in [0.5, 0.6) is 0 Å². The van der Waals surface area contributed by atoms with Crippen molar-refractivity contribution in [2.24, 2.45) is 0 Å². The van der Waals surface area contributed by atoms with E-state index in [-0.39, 0.29) is 5.69 Å². The molecule has 5 nitrogen and oxygen atoms in total. The largest absolute Gasteiger partial charge is 0.478 e. The minimum Gasteiger partial charge on any atom is -0.478 e. The molecular weight excluding hydrogens is 302 g/mol. The van der Waals surface area contributed by atoms with Gasteiger partial charge in [-0.15, -0.1) is 11.3 Å². The van der Waals surface area contributed by atoms with E-state index in [1.807, 2.05) is 0 Å². The summed E-state index contributed by atoms with van der Waals surface area (Å²) in [7, 11) is 0. The van der Waals surface area contributed by atoms with Crippen LogP contribution in [0.15, 0.2) is 36.4 Å². The van der Waals surface area contributed by atoms with Crippen molar-refractivity contribution in [1.29, 1.82) is 0 Å². The SMILES string of the molecule is O=C(O)/C=C/c1ccc(-c2ccc(Cl)cc2[N+](=O)[O-])s1. The highest BCUT2D eigenvalue weighted by Gasteiger charge is 2.17. The van der Waals surface area contributed by atoms with Crippen LogP contribution >= 0.6 is 22.9 Å². The lowest BCUT2D eigenvalue weighted by atomic mass is 10.1. The summed E-state index contributed by atoms with van der Waals surface area (Å²) in [5.74, 6) is -1.04. The van der Waals surface area contributed by atoms with E-state index < -0.39 is 10.9 Å². The lowest BCUT2D eigenvalue weighted by Gasteiger charge is -2.00. The van der Waals surface area contributed by atoms with Crippen molar-refractivity contribution in [1.82, 2.24) is 0 Å². The smallest absolute Gasteiger partial charge is 0.328 e. The Morgan fingerprint density at radius 3 is 2.75 bits per heavy atom. The van der Waals surface area contributed by atoms with Gasteiger partial charge in [0.1, 0.15) is 0 Å². The van der Waals surface area contributed by atoms with Gasteiger partial charge in [0.2, 0.25) is 0 Å². The molecule has 102 valence electrons. The molecule has 20 heavy (non-hydrogen) atoms. The van der Waals surface area contributed by atoms with Crippen LogP contribution in [0, 0.1) is 10.1 Å². The van der Waals surface area contributed by atoms with Crippen molar-refractivity contribution in [3.05, 3.63) is 56.4 Å². The van der Waals surface area contributed by atoms with Crippen LogP contribution in [0.2, 0.25) is 5.02 Å². The molecule has 7 heteroatoms. The third-order valence-corrected chi connectivity index (χ3v) is 3.76. The van der Waals surface area contributed by atoms with Crippen LogP contribution in [0.25, 0.3) is 16.5 Å². The normalized spacial score (nSPS) is 10.8. The van der Waals surface area contributed by atoms with Crippen molar-refractivity contribution in [3.63, 3.8) is 0 Å². The molecule has 0 atom stereocenters. The molecule has 0 spiro atoms. The molecule has 0 aliphatic heterocycles. The van der Waals surface area contributed by atoms with Crippen molar-refractivity contribution in [2.45, 2.75) is 0 Å². The zero-order chi connectivity index (χ0) is 14.7. The lowest BCUT2D eigenvalue weighted by molar-refractivity contribution is -0.384. The van der Waals surface area contributed by atoms with Crippen LogP contribution in [-0.2, 0) is 4.79 Å². The van der Waals surface area contributed by atoms with E-state index in [1.165, 1.54) is 23.5 Å². The van der Waals surface area contributed by atoms with Gasteiger partial charge in [-0.2, -0.15) is 0 Å². The average Bonchev–Trinajstić information content (AvgIpc) is 2.84. The van der Waals surface area contributed by atoms with Crippen LogP contribution in [-0.4, -0.2) is 16.0 Å². The molecule has 0 bridgehead atoms. The summed E-state index contributed by atoms with van der Waals surface area (Å²) in [5.41, 5.74) is 0.382. The van der Waals surface area contributed by atoms with Crippen LogP contribution in [0.4, 0.5) is 5.69 Å². The fourth-order valence-corrected chi connectivity index (χ4v) is 2.72. The highest BCUT2D eigenvalue weighted by molar-refractivity contribution is 7.16. The average molecular weight is 310 g/mol. The molecule has 0 aliphatic carbocycles. The van der Waals surface area contributed by atoms with E-state index in [4.69, 9.17) is 16.7 Å². The number of benzene rings is 1. The molecule has 0 saturated carbocycles. The highest BCUT2D eigenvalue weighted by Crippen LogP contribution is 2.36. The Kier molecular flexibility index (Phi) is 4.16. The number of carbonyl (C=O) groups is 1. The summed E-state index contributed by atoms with van der Waals surface area (Å²) in [4.78, 5) is 22.4. The first kappa shape index (κ1) is 14.2. The third-order valence-electron chi connectivity index (χ3n) is 2.44. The second-order valence-electron chi connectivity index (χ2n) is 3.79. The van der Waals surface area contributed by atoms with E-state index in [2.05, 4.69) is 0 Å². The lowest BCUT2D eigenvalue weighted by Crippen LogP contribution is -1.90. The summed E-state index contributed by atoms with van der Waals surface area (Å²) in [5, 5.41) is 19.9. The summed E-state index contributed by atoms with van der Waals surface area (Å²) >= 11 is 7.03. The Bertz CT molecular complexity index is 708. The maximum absolute atomic E-state index is 11.0. The van der Waals surface area contributed by atoms with Crippen molar-refractivity contribution in [2.75, 3.05) is 0 Å². The van der Waals surface area contributed by atoms with E-state index in [9.17, 15) is 14.9 Å². The second-order valence-corrected chi connectivity index (χ2v) is 5.34. The quantitative estimate of drug-likeness (QED) is 0.524. The molecule has 2 aromatic rings. The van der Waals surface area contributed by atoms with Gasteiger partial charge in [0.25, 0.3) is 5.69 Å². The van der Waals surface area contributed by atoms with E-state index >= 15 is 0 Å². The van der Waals surface area contributed by atoms with Gasteiger partial charge in [0.05, 0.1) is 10.5 Å². The Morgan fingerprint density at radius 1 is 1.35 bits per heavy atom. The number of nitrogens with zero attached hydrogens (tertiary/aromatic N) is 1. The number of nitro benzene ring substituents is 1. The molecule has 0 saturated heterocycles. The van der Waals surface area contributed by atoms with Crippen molar-refractivity contribution < 1.29 is 14.8 Å². The van der Waals surface area contributed by atoms with Crippen LogP contribution in [0.3, 0.4) is 0 Å². The summed E-state index contributed by atoms with van der Waals surface area (Å²) in [6, 6.07) is 7.87. The number of carboxylic acids is 1. The van der Waals surface area contributed by atoms with Crippen LogP contribution < -0.4 is 0 Å². The molecule has 0 unspecified atom stereocenters. The fourth-order valence-electron chi connectivity index (χ4n) is 1.60. The molecule has 0 fully saturated rings. The molecule has 1 aromatic heterocycles. The molecule has 1 heterocycles. The predicted octanol–water partition coefficient (Wildman–Crippen LogP) is 4.07. The first-order valence-corrected chi connectivity index (χ1v) is 6.62. The minimum atomic E-state index is -1.04. The van der Waals surface area contributed by atoms with Gasteiger partial charge in [0, 0.05) is 26.9 Å². The van der Waals surface area contributed by atoms with Gasteiger partial charge in [-0.3, -0.25) is 10.1 Å². The zero-order valence-corrected chi connectivity index (χ0v) is 11.5. The van der Waals surface area contributed by atoms with Crippen molar-refractivity contribution >= 4 is 40.7 Å². The van der Waals surface area contributed by atoms with Gasteiger partial charge in [0.15, 0.2) is 0 Å². The van der Waals surface area contributed by atoms with Gasteiger partial charge < -0.3 is 5.11 Å². The number of rotatable bonds is 4. The maximum atomic E-state index is 11.0. The molecule has 0 radical (unpaired) electrons. The molecule has 1 aromatic carbocycles. The molecular formula is C13H8ClNO4S. The minimum absolute atomic E-state index is 0.0758. The van der Waals surface area contributed by atoms with E-state index in [0.29, 0.717) is 20.3 Å². The van der Waals surface area contributed by atoms with E-state index in [1.54, 1.807) is 24.3 Å². The van der Waals surface area contributed by atoms with Crippen LogP contribution in [0.1, 0.15) is 4.88 Å². The first-order chi connectivity index (χ1) is 9.47. The molecule has 0 amide bonds. The van der Waals surface area contributed by atoms with E-state index in [0.717, 1.165) is 6.08 Å². The fraction of sp³-hybridized carbons (Fsp3) is 0. The number of hydrogen-bond donors (Lipinski definition) is 1. The summed E-state index contributed by atoms with van der Waals surface area (Å²) < 4.78 is 0. The number of thiophene rings is 1. The van der Waals surface area contributed by atoms with Gasteiger partial charge >= 0.3 is 5.97 Å². The predicted molar refractivity (Wildman–Crippen MR) is 78.1 cm³/mol. The molecule has 0 aliphatic rings. The molecule has 2 rings (SSSR count). The highest BCUT2D eigenvalue weighted by atomic mass is 35.5. The summed E-state index contributed by atoms with van der Waals surface area (Å²) in [6.45, 7) is 0. The Balaban J connectivity index is 2.42. The Hall–Kier alpha value is -2.18. The Labute approximate surface area is 122 Å². The second kappa shape index (κ2) is 5.85. The third kappa shape index (κ3) is 3.23. The zero-order valence-electron chi connectivity index (χ0n) is 9.95. The van der Waals surface area contributed by atoms with Crippen molar-refractivity contribution in [3.8, 4) is 10.4 Å². The van der Waals surface area contributed by atoms with Gasteiger partial charge in [-0.1, -0.05) is 11.6 Å². The number of nitro groups is 1. The van der Waals surface area contributed by atoms with Gasteiger partial charge in [-0.05, 0) is 30.3 Å². The number of aliphatic carboxylic acids is 1. The standard InChI is InChI=1S/C13H8ClNO4S/c14-8-1-4-10(11(7-8)15(18)19)12-5-2-9(20-12)3-6-13(16)17/h1-7H,(H,16,17)/b6-3+. The topological polar surface area (TPSA) is 80.4 Å². The maximum Gasteiger partial charge on any atom is 0.328 e. The summed E-state index contributed by atoms with van der Waals surface area (Å²) in [6.07, 6.45) is 2.46. The molecule has 1 N–H and O–H groups in total.